The van der Waals surface area contributed by atoms with Crippen molar-refractivity contribution in [1.82, 2.24) is 20.4 Å². The van der Waals surface area contributed by atoms with Crippen LogP contribution in [0.3, 0.4) is 0 Å². The molecule has 4 aromatic rings. The Morgan fingerprint density at radius 1 is 1.10 bits per heavy atom. The summed E-state index contributed by atoms with van der Waals surface area (Å²) in [5, 5.41) is 3.72. The van der Waals surface area contributed by atoms with Crippen molar-refractivity contribution >= 4 is 49.9 Å². The molecule has 29 heavy (non-hydrogen) atoms. The third-order valence-electron chi connectivity index (χ3n) is 4.05. The number of benzene rings is 2. The molecule has 2 aromatic carbocycles. The Morgan fingerprint density at radius 3 is 2.66 bits per heavy atom. The predicted molar refractivity (Wildman–Crippen MR) is 112 cm³/mol. The lowest BCUT2D eigenvalue weighted by Gasteiger charge is -2.12. The summed E-state index contributed by atoms with van der Waals surface area (Å²) in [5.41, 5.74) is 13.8. The normalized spacial score (nSPS) is 10.7. The van der Waals surface area contributed by atoms with Crippen LogP contribution in [0.15, 0.2) is 48.8 Å². The number of hydrazine groups is 1. The Labute approximate surface area is 169 Å². The Hall–Kier alpha value is -3.79. The van der Waals surface area contributed by atoms with Crippen molar-refractivity contribution < 1.29 is 9.18 Å². The van der Waals surface area contributed by atoms with E-state index in [1.807, 2.05) is 19.1 Å². The van der Waals surface area contributed by atoms with Crippen LogP contribution in [0.4, 0.5) is 26.8 Å². The van der Waals surface area contributed by atoms with Crippen LogP contribution in [0, 0.1) is 12.7 Å². The first kappa shape index (κ1) is 18.6. The largest absolute Gasteiger partial charge is 0.393 e. The topological polar surface area (TPSA) is 118 Å². The molecule has 8 nitrogen and oxygen atoms in total. The first-order chi connectivity index (χ1) is 14.0. The van der Waals surface area contributed by atoms with Gasteiger partial charge in [-0.15, -0.1) is 0 Å². The van der Waals surface area contributed by atoms with Gasteiger partial charge < -0.3 is 11.1 Å². The lowest BCUT2D eigenvalue weighted by molar-refractivity contribution is 0.0962. The standard InChI is InChI=1S/C19H16FN7OS/c1-10-2-7-13-14(8-10)29-19(24-13)25-16-15(21)17(23-9-22-16)26-27-18(28)11-3-5-12(20)6-4-11/h2-9H,21H2,1H3,(H,27,28)(H2,22,23,24,25,26). The Balaban J connectivity index is 1.49. The fraction of sp³-hybridized carbons (Fsp3) is 0.0526. The molecule has 0 radical (unpaired) electrons. The number of nitrogens with two attached hydrogens (primary N) is 1. The summed E-state index contributed by atoms with van der Waals surface area (Å²) in [6.45, 7) is 2.02. The van der Waals surface area contributed by atoms with Crippen LogP contribution >= 0.6 is 11.3 Å². The van der Waals surface area contributed by atoms with Gasteiger partial charge in [-0.3, -0.25) is 15.6 Å². The highest BCUT2D eigenvalue weighted by Gasteiger charge is 2.12. The zero-order valence-corrected chi connectivity index (χ0v) is 16.0. The summed E-state index contributed by atoms with van der Waals surface area (Å²) in [6, 6.07) is 11.2. The van der Waals surface area contributed by atoms with Crippen LogP contribution in [-0.4, -0.2) is 20.9 Å². The number of rotatable bonds is 5. The van der Waals surface area contributed by atoms with Gasteiger partial charge in [-0.1, -0.05) is 17.4 Å². The molecule has 0 bridgehead atoms. The van der Waals surface area contributed by atoms with Gasteiger partial charge >= 0.3 is 0 Å². The van der Waals surface area contributed by atoms with E-state index in [4.69, 9.17) is 5.73 Å². The van der Waals surface area contributed by atoms with E-state index < -0.39 is 11.7 Å². The maximum absolute atomic E-state index is 13.0. The minimum atomic E-state index is -0.459. The van der Waals surface area contributed by atoms with Crippen molar-refractivity contribution in [2.45, 2.75) is 6.92 Å². The molecule has 0 saturated heterocycles. The Morgan fingerprint density at radius 2 is 1.86 bits per heavy atom. The number of nitrogens with one attached hydrogen (secondary N) is 3. The zero-order valence-electron chi connectivity index (χ0n) is 15.2. The number of halogens is 1. The maximum Gasteiger partial charge on any atom is 0.269 e. The van der Waals surface area contributed by atoms with Crippen LogP contribution in [0.2, 0.25) is 0 Å². The van der Waals surface area contributed by atoms with E-state index in [0.29, 0.717) is 10.9 Å². The van der Waals surface area contributed by atoms with E-state index in [1.54, 1.807) is 0 Å². The molecule has 10 heteroatoms. The van der Waals surface area contributed by atoms with Crippen molar-refractivity contribution in [2.24, 2.45) is 0 Å². The Bertz CT molecular complexity index is 1190. The lowest BCUT2D eigenvalue weighted by atomic mass is 10.2. The van der Waals surface area contributed by atoms with Crippen LogP contribution < -0.4 is 21.9 Å². The molecule has 0 fully saturated rings. The van der Waals surface area contributed by atoms with Gasteiger partial charge in [0.2, 0.25) is 0 Å². The summed E-state index contributed by atoms with van der Waals surface area (Å²) in [6.07, 6.45) is 1.31. The van der Waals surface area contributed by atoms with Crippen molar-refractivity contribution in [3.63, 3.8) is 0 Å². The van der Waals surface area contributed by atoms with Crippen molar-refractivity contribution in [3.05, 3.63) is 65.7 Å². The number of hydrogen-bond acceptors (Lipinski definition) is 8. The molecule has 4 rings (SSSR count). The number of nitrogen functional groups attached to an aromatic ring is 1. The lowest BCUT2D eigenvalue weighted by Crippen LogP contribution is -2.30. The van der Waals surface area contributed by atoms with E-state index in [0.717, 1.165) is 15.8 Å². The molecule has 5 N–H and O–H groups in total. The fourth-order valence-electron chi connectivity index (χ4n) is 2.57. The van der Waals surface area contributed by atoms with Gasteiger partial charge in [0, 0.05) is 5.56 Å². The highest BCUT2D eigenvalue weighted by Crippen LogP contribution is 2.31. The Kier molecular flexibility index (Phi) is 4.92. The van der Waals surface area contributed by atoms with E-state index >= 15 is 0 Å². The number of nitrogens with zero attached hydrogens (tertiary/aromatic N) is 3. The van der Waals surface area contributed by atoms with Gasteiger partial charge in [0.1, 0.15) is 17.8 Å². The number of aryl methyl sites for hydroxylation is 1. The number of thiazole rings is 1. The molecule has 1 amide bonds. The average Bonchev–Trinajstić information content (AvgIpc) is 3.10. The quantitative estimate of drug-likeness (QED) is 0.372. The second kappa shape index (κ2) is 7.68. The second-order valence-corrected chi connectivity index (χ2v) is 7.22. The molecular weight excluding hydrogens is 393 g/mol. The van der Waals surface area contributed by atoms with E-state index in [9.17, 15) is 9.18 Å². The molecule has 0 aliphatic rings. The molecule has 0 aliphatic carbocycles. The third kappa shape index (κ3) is 4.06. The number of amides is 1. The van der Waals surface area contributed by atoms with Crippen molar-refractivity contribution in [1.29, 1.82) is 0 Å². The fourth-order valence-corrected chi connectivity index (χ4v) is 3.53. The van der Waals surface area contributed by atoms with E-state index in [2.05, 4.69) is 37.2 Å². The SMILES string of the molecule is Cc1ccc2nc(Nc3ncnc(NNC(=O)c4ccc(F)cc4)c3N)sc2c1. The molecule has 2 heterocycles. The average molecular weight is 409 g/mol. The van der Waals surface area contributed by atoms with Gasteiger partial charge in [-0.05, 0) is 48.9 Å². The summed E-state index contributed by atoms with van der Waals surface area (Å²) < 4.78 is 14.0. The van der Waals surface area contributed by atoms with Gasteiger partial charge in [-0.25, -0.2) is 19.3 Å². The zero-order chi connectivity index (χ0) is 20.4. The summed E-state index contributed by atoms with van der Waals surface area (Å²) in [7, 11) is 0. The van der Waals surface area contributed by atoms with Crippen molar-refractivity contribution in [3.8, 4) is 0 Å². The third-order valence-corrected chi connectivity index (χ3v) is 4.99. The van der Waals surface area contributed by atoms with Crippen LogP contribution in [-0.2, 0) is 0 Å². The number of aromatic nitrogens is 3. The first-order valence-electron chi connectivity index (χ1n) is 8.56. The monoisotopic (exact) mass is 409 g/mol. The molecule has 2 aromatic heterocycles. The minimum Gasteiger partial charge on any atom is -0.393 e. The molecular formula is C19H16FN7OS. The van der Waals surface area contributed by atoms with Gasteiger partial charge in [-0.2, -0.15) is 0 Å². The van der Waals surface area contributed by atoms with Gasteiger partial charge in [0.25, 0.3) is 5.91 Å². The number of fused-ring (bicyclic) bond motifs is 1. The highest BCUT2D eigenvalue weighted by molar-refractivity contribution is 7.22. The first-order valence-corrected chi connectivity index (χ1v) is 9.38. The molecule has 0 spiro atoms. The molecule has 0 atom stereocenters. The van der Waals surface area contributed by atoms with E-state index in [1.165, 1.54) is 41.9 Å². The number of hydrogen-bond donors (Lipinski definition) is 4. The molecule has 0 unspecified atom stereocenters. The number of carbonyl (C=O) groups is 1. The van der Waals surface area contributed by atoms with E-state index in [-0.39, 0.29) is 17.1 Å². The van der Waals surface area contributed by atoms with Crippen LogP contribution in [0.1, 0.15) is 15.9 Å². The highest BCUT2D eigenvalue weighted by atomic mass is 32.1. The predicted octanol–water partition coefficient (Wildman–Crippen LogP) is 3.62. The minimum absolute atomic E-state index is 0.211. The maximum atomic E-state index is 13.0. The van der Waals surface area contributed by atoms with Gasteiger partial charge in [0.15, 0.2) is 16.8 Å². The summed E-state index contributed by atoms with van der Waals surface area (Å²) >= 11 is 1.48. The molecule has 0 saturated carbocycles. The summed E-state index contributed by atoms with van der Waals surface area (Å²) in [4.78, 5) is 24.8. The number of anilines is 4. The second-order valence-electron chi connectivity index (χ2n) is 6.19. The van der Waals surface area contributed by atoms with Gasteiger partial charge in [0.05, 0.1) is 10.2 Å². The smallest absolute Gasteiger partial charge is 0.269 e. The number of carbonyl (C=O) groups excluding carboxylic acids is 1. The molecule has 0 aliphatic heterocycles. The molecule has 146 valence electrons. The van der Waals surface area contributed by atoms with Crippen molar-refractivity contribution in [2.75, 3.05) is 16.5 Å². The van der Waals surface area contributed by atoms with Crippen LogP contribution in [0.25, 0.3) is 10.2 Å². The van der Waals surface area contributed by atoms with Crippen LogP contribution in [0.5, 0.6) is 0 Å². The summed E-state index contributed by atoms with van der Waals surface area (Å²) in [5.74, 6) is -0.307.